The van der Waals surface area contributed by atoms with Gasteiger partial charge in [0.05, 0.1) is 6.16 Å². The van der Waals surface area contributed by atoms with E-state index in [0.29, 0.717) is 23.9 Å². The van der Waals surface area contributed by atoms with Gasteiger partial charge in [0.2, 0.25) is 21.5 Å². The Balaban J connectivity index is 2.12. The fourth-order valence-corrected chi connectivity index (χ4v) is 26.1. The average Bonchev–Trinajstić information content (AvgIpc) is 2.56. The van der Waals surface area contributed by atoms with Crippen molar-refractivity contribution in [1.29, 1.82) is 0 Å². The van der Waals surface area contributed by atoms with Crippen molar-refractivity contribution in [3.8, 4) is 0 Å². The summed E-state index contributed by atoms with van der Waals surface area (Å²) in [4.78, 5) is 24.9. The fraction of sp³-hybridized carbons (Fsp3) is 0.455. The molecule has 3 rings (SSSR count). The molecular weight excluding hydrogens is 593 g/mol. The fourth-order valence-electron chi connectivity index (χ4n) is 2.26. The molecule has 164 valence electrons. The second-order valence-corrected chi connectivity index (χ2v) is 23.6. The molecule has 1 aliphatic heterocycles. The third-order valence-corrected chi connectivity index (χ3v) is 23.1. The zero-order valence-corrected chi connectivity index (χ0v) is 23.6. The highest BCUT2D eigenvalue weighted by molar-refractivity contribution is 8.74. The molecule has 0 N–H and O–H groups in total. The Labute approximate surface area is 204 Å². The highest BCUT2D eigenvalue weighted by atomic mass is 35.7. The molecular formula is C11H13Cl5N9P3S2. The molecule has 0 radical (unpaired) electrons. The first kappa shape index (κ1) is 25.4. The average molecular weight is 606 g/mol. The van der Waals surface area contributed by atoms with Crippen LogP contribution in [0, 0.1) is 6.92 Å². The van der Waals surface area contributed by atoms with Gasteiger partial charge in [-0.25, -0.2) is 38.5 Å². The van der Waals surface area contributed by atoms with Gasteiger partial charge in [0.15, 0.2) is 13.1 Å². The predicted molar refractivity (Wildman–Crippen MR) is 132 cm³/mol. The van der Waals surface area contributed by atoms with Crippen LogP contribution in [0.1, 0.15) is 24.4 Å². The Morgan fingerprint density at radius 1 is 0.867 bits per heavy atom. The Bertz CT molecular complexity index is 1200. The van der Waals surface area contributed by atoms with E-state index in [1.807, 2.05) is 6.92 Å². The van der Waals surface area contributed by atoms with Gasteiger partial charge in [-0.15, -0.1) is 0 Å². The normalized spacial score (nSPS) is 29.5. The van der Waals surface area contributed by atoms with Crippen LogP contribution in [0.3, 0.4) is 0 Å². The van der Waals surface area contributed by atoms with E-state index >= 15 is 0 Å². The van der Waals surface area contributed by atoms with Gasteiger partial charge in [-0.3, -0.25) is 0 Å². The zero-order chi connectivity index (χ0) is 22.3. The maximum Gasteiger partial charge on any atom is 0.234 e. The molecule has 0 saturated carbocycles. The van der Waals surface area contributed by atoms with Crippen LogP contribution in [0.25, 0.3) is 0 Å². The Morgan fingerprint density at radius 2 is 1.50 bits per heavy atom. The summed E-state index contributed by atoms with van der Waals surface area (Å²) in [6, 6.07) is 0. The topological polar surface area (TPSA) is 114 Å². The predicted octanol–water partition coefficient (Wildman–Crippen LogP) is 7.24. The summed E-state index contributed by atoms with van der Waals surface area (Å²) >= 11 is 37.9. The first-order chi connectivity index (χ1) is 13.8. The SMILES string of the molecule is CCc1nc(Cl)nc(CP2(Cl)=NP(Cl)(S(=S)c3nc(C)nc(Cl)n3)=NP(C)(Cl)=N2)n1. The second kappa shape index (κ2) is 9.54. The molecule has 0 spiro atoms. The van der Waals surface area contributed by atoms with Crippen LogP contribution in [0.5, 0.6) is 0 Å². The third kappa shape index (κ3) is 6.19. The number of aryl methyl sites for hydroxylation is 2. The molecule has 2 aromatic rings. The van der Waals surface area contributed by atoms with E-state index < -0.39 is 27.9 Å². The van der Waals surface area contributed by atoms with Gasteiger partial charge in [-0.05, 0) is 52.6 Å². The number of rotatable bonds is 5. The summed E-state index contributed by atoms with van der Waals surface area (Å²) < 4.78 is 13.7. The van der Waals surface area contributed by atoms with Gasteiger partial charge < -0.3 is 0 Å². The van der Waals surface area contributed by atoms with Crippen molar-refractivity contribution >= 4 is 96.1 Å². The molecule has 30 heavy (non-hydrogen) atoms. The van der Waals surface area contributed by atoms with E-state index in [1.54, 1.807) is 13.6 Å². The van der Waals surface area contributed by atoms with Crippen LogP contribution in [0.15, 0.2) is 18.7 Å². The van der Waals surface area contributed by atoms with Gasteiger partial charge in [0.1, 0.15) is 17.5 Å². The summed E-state index contributed by atoms with van der Waals surface area (Å²) in [5, 5.41) is 0.291. The Morgan fingerprint density at radius 3 is 2.13 bits per heavy atom. The smallest absolute Gasteiger partial charge is 0.217 e. The van der Waals surface area contributed by atoms with E-state index in [9.17, 15) is 0 Å². The van der Waals surface area contributed by atoms with Crippen LogP contribution in [-0.4, -0.2) is 36.6 Å². The zero-order valence-electron chi connectivity index (χ0n) is 15.5. The van der Waals surface area contributed by atoms with Crippen molar-refractivity contribution in [2.75, 3.05) is 6.66 Å². The number of aromatic nitrogens is 6. The molecule has 4 atom stereocenters. The van der Waals surface area contributed by atoms with E-state index in [-0.39, 0.29) is 21.9 Å². The number of hydrogen-bond acceptors (Lipinski definition) is 10. The van der Waals surface area contributed by atoms with Crippen molar-refractivity contribution in [3.63, 3.8) is 0 Å². The molecule has 0 amide bonds. The van der Waals surface area contributed by atoms with E-state index in [1.165, 1.54) is 0 Å². The van der Waals surface area contributed by atoms with Crippen LogP contribution in [0.2, 0.25) is 10.6 Å². The summed E-state index contributed by atoms with van der Waals surface area (Å²) in [6.07, 6.45) is 0.675. The molecule has 0 fully saturated rings. The van der Waals surface area contributed by atoms with Gasteiger partial charge in [-0.2, -0.15) is 4.98 Å². The largest absolute Gasteiger partial charge is 0.234 e. The first-order valence-corrected chi connectivity index (χ1v) is 19.9. The van der Waals surface area contributed by atoms with Crippen molar-refractivity contribution in [2.24, 2.45) is 13.5 Å². The minimum Gasteiger partial charge on any atom is -0.217 e. The van der Waals surface area contributed by atoms with Crippen LogP contribution in [0.4, 0.5) is 0 Å². The van der Waals surface area contributed by atoms with E-state index in [4.69, 9.17) is 68.1 Å². The lowest BCUT2D eigenvalue weighted by atomic mass is 10.4. The molecule has 0 saturated heterocycles. The molecule has 3 heterocycles. The van der Waals surface area contributed by atoms with Crippen molar-refractivity contribution in [1.82, 2.24) is 29.9 Å². The van der Waals surface area contributed by atoms with Gasteiger partial charge in [-0.1, -0.05) is 29.4 Å². The first-order valence-electron chi connectivity index (χ1n) is 8.00. The van der Waals surface area contributed by atoms with Gasteiger partial charge in [0.25, 0.3) is 0 Å². The van der Waals surface area contributed by atoms with Crippen LogP contribution in [-0.2, 0) is 32.8 Å². The molecule has 2 aromatic heterocycles. The Hall–Kier alpha value is 0.730. The van der Waals surface area contributed by atoms with Crippen molar-refractivity contribution in [3.05, 3.63) is 28.0 Å². The van der Waals surface area contributed by atoms with Crippen LogP contribution >= 0.6 is 75.8 Å². The summed E-state index contributed by atoms with van der Waals surface area (Å²) in [5.74, 6) is -1.85. The summed E-state index contributed by atoms with van der Waals surface area (Å²) in [6.45, 7) is -0.498. The van der Waals surface area contributed by atoms with E-state index in [2.05, 4.69) is 43.5 Å². The standard InChI is InChI=1S/C11H13Cl5N9P3S2/c1-4-7-19-8(21-10(13)20-7)5-27(15)23-26(3,14)24-28(16,25-27)30(29)11-18-6(2)17-9(12)22-11/h4-5H2,1-3H3. The minimum atomic E-state index is -3.14. The quantitative estimate of drug-likeness (QED) is 0.330. The molecule has 1 aliphatic rings. The lowest BCUT2D eigenvalue weighted by Gasteiger charge is -2.26. The second-order valence-electron chi connectivity index (χ2n) is 5.83. The molecule has 0 aliphatic carbocycles. The highest BCUT2D eigenvalue weighted by Gasteiger charge is 2.36. The maximum absolute atomic E-state index is 6.88. The Kier molecular flexibility index (Phi) is 8.06. The van der Waals surface area contributed by atoms with Crippen molar-refractivity contribution in [2.45, 2.75) is 31.6 Å². The monoisotopic (exact) mass is 603 g/mol. The molecule has 9 nitrogen and oxygen atoms in total. The summed E-state index contributed by atoms with van der Waals surface area (Å²) in [5.41, 5.74) is 0. The lowest BCUT2D eigenvalue weighted by Crippen LogP contribution is -2.03. The van der Waals surface area contributed by atoms with E-state index in [0.717, 1.165) is 0 Å². The third-order valence-electron chi connectivity index (χ3n) is 3.25. The number of hydrogen-bond donors (Lipinski definition) is 0. The lowest BCUT2D eigenvalue weighted by molar-refractivity contribution is 0.855. The maximum atomic E-state index is 6.88. The van der Waals surface area contributed by atoms with Crippen LogP contribution < -0.4 is 0 Å². The number of halogens is 5. The molecule has 19 heteroatoms. The minimum absolute atomic E-state index is 0.00657. The van der Waals surface area contributed by atoms with Gasteiger partial charge in [0, 0.05) is 22.2 Å². The number of nitrogens with zero attached hydrogens (tertiary/aromatic N) is 9. The van der Waals surface area contributed by atoms with Crippen molar-refractivity contribution < 1.29 is 0 Å². The molecule has 0 bridgehead atoms. The van der Waals surface area contributed by atoms with Gasteiger partial charge >= 0.3 is 0 Å². The molecule has 0 aromatic carbocycles. The highest BCUT2D eigenvalue weighted by Crippen LogP contribution is 2.84. The molecule has 4 unspecified atom stereocenters. The summed E-state index contributed by atoms with van der Waals surface area (Å²) in [7, 11) is -1.24.